The molecule has 0 radical (unpaired) electrons. The van der Waals surface area contributed by atoms with Crippen LogP contribution in [0.1, 0.15) is 50.7 Å². The van der Waals surface area contributed by atoms with Crippen molar-refractivity contribution in [1.82, 2.24) is 9.03 Å². The van der Waals surface area contributed by atoms with Gasteiger partial charge in [-0.15, -0.1) is 0 Å². The molecule has 0 unspecified atom stereocenters. The number of amides is 1. The lowest BCUT2D eigenvalue weighted by Crippen LogP contribution is -2.40. The molecule has 0 fully saturated rings. The first-order valence-corrected chi connectivity index (χ1v) is 9.10. The first-order chi connectivity index (χ1) is 10.6. The van der Waals surface area contributed by atoms with E-state index in [2.05, 4.69) is 37.7 Å². The van der Waals surface area contributed by atoms with E-state index in [1.165, 1.54) is 14.1 Å². The first kappa shape index (κ1) is 19.6. The third-order valence-electron chi connectivity index (χ3n) is 3.53. The van der Waals surface area contributed by atoms with Gasteiger partial charge in [-0.1, -0.05) is 45.9 Å². The zero-order valence-electron chi connectivity index (χ0n) is 14.7. The van der Waals surface area contributed by atoms with Crippen LogP contribution in [0.15, 0.2) is 18.2 Å². The fourth-order valence-corrected chi connectivity index (χ4v) is 2.74. The molecule has 0 aliphatic rings. The van der Waals surface area contributed by atoms with Crippen molar-refractivity contribution in [2.24, 2.45) is 0 Å². The number of nitrogens with one attached hydrogen (secondary N) is 2. The lowest BCUT2D eigenvalue weighted by molar-refractivity contribution is -0.115. The smallest absolute Gasteiger partial charge is 0.279 e. The molecule has 1 amide bonds. The molecule has 1 rings (SSSR count). The molecule has 0 saturated heterocycles. The molecule has 0 bridgehead atoms. The van der Waals surface area contributed by atoms with Crippen molar-refractivity contribution in [3.63, 3.8) is 0 Å². The van der Waals surface area contributed by atoms with Crippen LogP contribution in [0.3, 0.4) is 0 Å². The number of rotatable bonds is 7. The van der Waals surface area contributed by atoms with Crippen LogP contribution in [-0.4, -0.2) is 39.3 Å². The fraction of sp³-hybridized carbons (Fsp3) is 0.562. The van der Waals surface area contributed by atoms with E-state index in [1.807, 2.05) is 18.2 Å². The average Bonchev–Trinajstić information content (AvgIpc) is 2.44. The Morgan fingerprint density at radius 1 is 1.09 bits per heavy atom. The Morgan fingerprint density at radius 3 is 1.96 bits per heavy atom. The van der Waals surface area contributed by atoms with Crippen molar-refractivity contribution < 1.29 is 13.2 Å². The Balaban J connectivity index is 2.97. The normalized spacial score (nSPS) is 12.2. The molecule has 1 aromatic rings. The highest BCUT2D eigenvalue weighted by molar-refractivity contribution is 7.87. The molecule has 0 aliphatic heterocycles. The van der Waals surface area contributed by atoms with Crippen molar-refractivity contribution >= 4 is 21.8 Å². The minimum atomic E-state index is -3.62. The largest absolute Gasteiger partial charge is 0.324 e. The van der Waals surface area contributed by atoms with Crippen molar-refractivity contribution in [2.75, 3.05) is 26.0 Å². The SMILES string of the molecule is CC(C)c1cccc(C(C)C)c1NC(=O)CNS(=O)(=O)N(C)C. The van der Waals surface area contributed by atoms with E-state index in [1.54, 1.807) is 0 Å². The summed E-state index contributed by atoms with van der Waals surface area (Å²) in [6.45, 7) is 7.94. The van der Waals surface area contributed by atoms with Crippen molar-refractivity contribution in [3.8, 4) is 0 Å². The van der Waals surface area contributed by atoms with E-state index < -0.39 is 10.2 Å². The van der Waals surface area contributed by atoms with Gasteiger partial charge in [-0.05, 0) is 23.0 Å². The van der Waals surface area contributed by atoms with Crippen molar-refractivity contribution in [3.05, 3.63) is 29.3 Å². The number of carbonyl (C=O) groups is 1. The van der Waals surface area contributed by atoms with E-state index in [0.29, 0.717) is 0 Å². The zero-order valence-corrected chi connectivity index (χ0v) is 15.5. The summed E-state index contributed by atoms with van der Waals surface area (Å²) in [7, 11) is -0.800. The summed E-state index contributed by atoms with van der Waals surface area (Å²) in [5.41, 5.74) is 2.87. The second-order valence-corrected chi connectivity index (χ2v) is 8.25. The van der Waals surface area contributed by atoms with Gasteiger partial charge in [-0.25, -0.2) is 0 Å². The minimum Gasteiger partial charge on any atom is -0.324 e. The van der Waals surface area contributed by atoms with E-state index in [-0.39, 0.29) is 24.3 Å². The van der Waals surface area contributed by atoms with E-state index >= 15 is 0 Å². The molecule has 23 heavy (non-hydrogen) atoms. The maximum absolute atomic E-state index is 12.2. The molecular weight excluding hydrogens is 314 g/mol. The van der Waals surface area contributed by atoms with Crippen LogP contribution in [0.5, 0.6) is 0 Å². The summed E-state index contributed by atoms with van der Waals surface area (Å²) < 4.78 is 26.6. The van der Waals surface area contributed by atoms with Gasteiger partial charge in [-0.3, -0.25) is 4.79 Å². The van der Waals surface area contributed by atoms with Gasteiger partial charge in [0.25, 0.3) is 10.2 Å². The second kappa shape index (κ2) is 7.90. The van der Waals surface area contributed by atoms with Crippen LogP contribution in [0.25, 0.3) is 0 Å². The molecule has 6 nitrogen and oxygen atoms in total. The fourth-order valence-electron chi connectivity index (χ4n) is 2.16. The van der Waals surface area contributed by atoms with Crippen LogP contribution < -0.4 is 10.0 Å². The Bertz CT molecular complexity index is 626. The molecule has 0 aliphatic carbocycles. The average molecular weight is 341 g/mol. The molecule has 0 spiro atoms. The van der Waals surface area contributed by atoms with Gasteiger partial charge in [0.1, 0.15) is 0 Å². The number of hydrogen-bond donors (Lipinski definition) is 2. The molecule has 2 N–H and O–H groups in total. The summed E-state index contributed by atoms with van der Waals surface area (Å²) in [4.78, 5) is 12.2. The molecule has 130 valence electrons. The van der Waals surface area contributed by atoms with Gasteiger partial charge >= 0.3 is 0 Å². The van der Waals surface area contributed by atoms with Gasteiger partial charge in [-0.2, -0.15) is 17.4 Å². The van der Waals surface area contributed by atoms with Gasteiger partial charge < -0.3 is 5.32 Å². The van der Waals surface area contributed by atoms with Gasteiger partial charge in [0, 0.05) is 19.8 Å². The molecule has 0 saturated carbocycles. The number of nitrogens with zero attached hydrogens (tertiary/aromatic N) is 1. The monoisotopic (exact) mass is 341 g/mol. The molecule has 7 heteroatoms. The molecular formula is C16H27N3O3S. The summed E-state index contributed by atoms with van der Waals surface area (Å²) >= 11 is 0. The lowest BCUT2D eigenvalue weighted by Gasteiger charge is -2.20. The Morgan fingerprint density at radius 2 is 1.57 bits per heavy atom. The van der Waals surface area contributed by atoms with Crippen LogP contribution >= 0.6 is 0 Å². The van der Waals surface area contributed by atoms with Gasteiger partial charge in [0.2, 0.25) is 5.91 Å². The first-order valence-electron chi connectivity index (χ1n) is 7.66. The highest BCUT2D eigenvalue weighted by Crippen LogP contribution is 2.32. The van der Waals surface area contributed by atoms with E-state index in [0.717, 1.165) is 21.1 Å². The lowest BCUT2D eigenvalue weighted by atomic mass is 9.92. The third kappa shape index (κ3) is 5.30. The Hall–Kier alpha value is -1.44. The minimum absolute atomic E-state index is 0.252. The summed E-state index contributed by atoms with van der Waals surface area (Å²) in [6.07, 6.45) is 0. The maximum Gasteiger partial charge on any atom is 0.279 e. The number of benzene rings is 1. The van der Waals surface area contributed by atoms with Crippen LogP contribution in [0, 0.1) is 0 Å². The number of hydrogen-bond acceptors (Lipinski definition) is 3. The number of carbonyl (C=O) groups excluding carboxylic acids is 1. The van der Waals surface area contributed by atoms with Crippen molar-refractivity contribution in [1.29, 1.82) is 0 Å². The standard InChI is InChI=1S/C16H27N3O3S/c1-11(2)13-8-7-9-14(12(3)4)16(13)18-15(20)10-17-23(21,22)19(5)6/h7-9,11-12,17H,10H2,1-6H3,(H,18,20). The summed E-state index contributed by atoms with van der Waals surface area (Å²) in [5.74, 6) is 0.121. The quantitative estimate of drug-likeness (QED) is 0.798. The number of para-hydroxylation sites is 1. The zero-order chi connectivity index (χ0) is 17.8. The van der Waals surface area contributed by atoms with Gasteiger partial charge in [0.05, 0.1) is 6.54 Å². The highest BCUT2D eigenvalue weighted by atomic mass is 32.2. The van der Waals surface area contributed by atoms with Crippen LogP contribution in [-0.2, 0) is 15.0 Å². The summed E-state index contributed by atoms with van der Waals surface area (Å²) in [5, 5.41) is 2.87. The Labute approximate surface area is 139 Å². The van der Waals surface area contributed by atoms with E-state index in [4.69, 9.17) is 0 Å². The van der Waals surface area contributed by atoms with Crippen molar-refractivity contribution in [2.45, 2.75) is 39.5 Å². The van der Waals surface area contributed by atoms with E-state index in [9.17, 15) is 13.2 Å². The maximum atomic E-state index is 12.2. The number of anilines is 1. The molecule has 1 aromatic carbocycles. The molecule has 0 aromatic heterocycles. The van der Waals surface area contributed by atoms with Crippen LogP contribution in [0.4, 0.5) is 5.69 Å². The molecule has 0 heterocycles. The second-order valence-electron chi connectivity index (χ2n) is 6.28. The third-order valence-corrected chi connectivity index (χ3v) is 5.00. The summed E-state index contributed by atoms with van der Waals surface area (Å²) in [6, 6.07) is 5.95. The molecule has 0 atom stereocenters. The topological polar surface area (TPSA) is 78.5 Å². The van der Waals surface area contributed by atoms with Crippen LogP contribution in [0.2, 0.25) is 0 Å². The Kier molecular flexibility index (Phi) is 6.73. The van der Waals surface area contributed by atoms with Gasteiger partial charge in [0.15, 0.2) is 0 Å². The predicted octanol–water partition coefficient (Wildman–Crippen LogP) is 2.27. The predicted molar refractivity (Wildman–Crippen MR) is 93.9 cm³/mol. The highest BCUT2D eigenvalue weighted by Gasteiger charge is 2.18.